The number of para-hydroxylation sites is 1. The van der Waals surface area contributed by atoms with Gasteiger partial charge in [0, 0.05) is 37.8 Å². The number of nitrogens with zero attached hydrogens (tertiary/aromatic N) is 5. The maximum atomic E-state index is 12.6. The number of morpholine rings is 1. The highest BCUT2D eigenvalue weighted by molar-refractivity contribution is 5.55. The summed E-state index contributed by atoms with van der Waals surface area (Å²) in [4.78, 5) is 27.6. The molecule has 29 heavy (non-hydrogen) atoms. The largest absolute Gasteiger partial charge is 0.493 e. The van der Waals surface area contributed by atoms with Crippen molar-refractivity contribution in [1.82, 2.24) is 19.5 Å². The molecule has 5 rings (SSSR count). The number of hydrogen-bond donors (Lipinski definition) is 0. The van der Waals surface area contributed by atoms with E-state index in [1.54, 1.807) is 23.9 Å². The van der Waals surface area contributed by atoms with E-state index in [0.717, 1.165) is 17.7 Å². The summed E-state index contributed by atoms with van der Waals surface area (Å²) < 4.78 is 13.5. The van der Waals surface area contributed by atoms with Gasteiger partial charge in [-0.05, 0) is 11.6 Å². The van der Waals surface area contributed by atoms with Gasteiger partial charge in [0.15, 0.2) is 0 Å². The molecular weight excluding hydrogens is 370 g/mol. The maximum absolute atomic E-state index is 12.6. The van der Waals surface area contributed by atoms with Crippen LogP contribution in [0.15, 0.2) is 47.7 Å². The van der Waals surface area contributed by atoms with Crippen molar-refractivity contribution < 1.29 is 9.47 Å². The number of rotatable bonds is 3. The van der Waals surface area contributed by atoms with E-state index in [-0.39, 0.29) is 11.7 Å². The van der Waals surface area contributed by atoms with Gasteiger partial charge in [0.25, 0.3) is 5.56 Å². The van der Waals surface area contributed by atoms with Crippen LogP contribution in [0.1, 0.15) is 17.2 Å². The minimum absolute atomic E-state index is 0.129. The Bertz CT molecular complexity index is 1100. The molecule has 4 heterocycles. The Balaban J connectivity index is 1.49. The Hall–Kier alpha value is -3.26. The molecule has 0 radical (unpaired) electrons. The topological polar surface area (TPSA) is 82.4 Å². The first kappa shape index (κ1) is 17.8. The quantitative estimate of drug-likeness (QED) is 0.673. The van der Waals surface area contributed by atoms with Gasteiger partial charge in [-0.25, -0.2) is 15.0 Å². The fourth-order valence-electron chi connectivity index (χ4n) is 3.90. The van der Waals surface area contributed by atoms with Gasteiger partial charge < -0.3 is 14.4 Å². The number of ether oxygens (including phenoxy) is 2. The molecule has 0 saturated carbocycles. The molecular formula is C21H21N5O3. The van der Waals surface area contributed by atoms with Gasteiger partial charge >= 0.3 is 0 Å². The van der Waals surface area contributed by atoms with Crippen LogP contribution in [-0.4, -0.2) is 45.8 Å². The first-order valence-corrected chi connectivity index (χ1v) is 9.66. The smallest absolute Gasteiger partial charge is 0.255 e. The number of hydrogen-bond acceptors (Lipinski definition) is 7. The predicted octanol–water partition coefficient (Wildman–Crippen LogP) is 1.75. The van der Waals surface area contributed by atoms with Crippen molar-refractivity contribution in [2.24, 2.45) is 7.05 Å². The van der Waals surface area contributed by atoms with Crippen LogP contribution < -0.4 is 15.2 Å². The lowest BCUT2D eigenvalue weighted by molar-refractivity contribution is 0.0374. The van der Waals surface area contributed by atoms with Crippen LogP contribution >= 0.6 is 0 Å². The Labute approximate surface area is 167 Å². The van der Waals surface area contributed by atoms with Crippen LogP contribution in [0.5, 0.6) is 5.75 Å². The monoisotopic (exact) mass is 391 g/mol. The highest BCUT2D eigenvalue weighted by Gasteiger charge is 2.29. The SMILES string of the molecule is Cn1c(N2CCOC(c3cccc4c3OCC4)C2)nc(-c2ccncn2)cc1=O. The van der Waals surface area contributed by atoms with Crippen molar-refractivity contribution in [2.45, 2.75) is 12.5 Å². The van der Waals surface area contributed by atoms with Gasteiger partial charge in [0.2, 0.25) is 5.95 Å². The summed E-state index contributed by atoms with van der Waals surface area (Å²) >= 11 is 0. The molecule has 0 amide bonds. The first-order chi connectivity index (χ1) is 14.2. The number of fused-ring (bicyclic) bond motifs is 1. The van der Waals surface area contributed by atoms with E-state index in [4.69, 9.17) is 14.5 Å². The molecule has 1 atom stereocenters. The molecule has 2 aliphatic rings. The second-order valence-corrected chi connectivity index (χ2v) is 7.17. The van der Waals surface area contributed by atoms with Crippen molar-refractivity contribution in [1.29, 1.82) is 0 Å². The number of anilines is 1. The van der Waals surface area contributed by atoms with Crippen LogP contribution in [-0.2, 0) is 18.2 Å². The van der Waals surface area contributed by atoms with Crippen LogP contribution in [0.2, 0.25) is 0 Å². The third-order valence-electron chi connectivity index (χ3n) is 5.40. The summed E-state index contributed by atoms with van der Waals surface area (Å²) in [5.41, 5.74) is 3.31. The number of aromatic nitrogens is 4. The first-order valence-electron chi connectivity index (χ1n) is 9.66. The Morgan fingerprint density at radius 2 is 2.10 bits per heavy atom. The van der Waals surface area contributed by atoms with Gasteiger partial charge in [0.1, 0.15) is 18.2 Å². The Morgan fingerprint density at radius 1 is 1.17 bits per heavy atom. The lowest BCUT2D eigenvalue weighted by Gasteiger charge is -2.35. The second kappa shape index (κ2) is 7.29. The van der Waals surface area contributed by atoms with Crippen molar-refractivity contribution >= 4 is 5.95 Å². The molecule has 8 nitrogen and oxygen atoms in total. The van der Waals surface area contributed by atoms with Crippen molar-refractivity contribution in [3.05, 3.63) is 64.3 Å². The number of benzene rings is 1. The molecule has 1 aromatic carbocycles. The van der Waals surface area contributed by atoms with Crippen LogP contribution in [0.3, 0.4) is 0 Å². The molecule has 148 valence electrons. The normalized spacial score (nSPS) is 18.4. The van der Waals surface area contributed by atoms with E-state index in [1.165, 1.54) is 18.0 Å². The average molecular weight is 391 g/mol. The molecule has 3 aromatic rings. The predicted molar refractivity (Wildman–Crippen MR) is 107 cm³/mol. The maximum Gasteiger partial charge on any atom is 0.255 e. The standard InChI is InChI=1S/C21H21N5O3/c1-25-19(27)11-17(16-5-7-22-13-23-16)24-21(25)26-8-10-28-18(12-26)15-4-2-3-14-6-9-29-20(14)15/h2-5,7,11,13,18H,6,8-10,12H2,1H3. The highest BCUT2D eigenvalue weighted by atomic mass is 16.5. The molecule has 1 unspecified atom stereocenters. The zero-order chi connectivity index (χ0) is 19.8. The van der Waals surface area contributed by atoms with Crippen molar-refractivity contribution in [3.8, 4) is 17.1 Å². The molecule has 2 aromatic heterocycles. The Kier molecular flexibility index (Phi) is 4.48. The summed E-state index contributed by atoms with van der Waals surface area (Å²) in [6.45, 7) is 2.50. The third kappa shape index (κ3) is 3.25. The third-order valence-corrected chi connectivity index (χ3v) is 5.40. The van der Waals surface area contributed by atoms with Crippen LogP contribution in [0.25, 0.3) is 11.4 Å². The highest BCUT2D eigenvalue weighted by Crippen LogP contribution is 2.36. The van der Waals surface area contributed by atoms with Gasteiger partial charge in [-0.3, -0.25) is 9.36 Å². The minimum atomic E-state index is -0.142. The van der Waals surface area contributed by atoms with Crippen LogP contribution in [0, 0.1) is 0 Å². The van der Waals surface area contributed by atoms with E-state index < -0.39 is 0 Å². The van der Waals surface area contributed by atoms with Crippen molar-refractivity contribution in [2.75, 3.05) is 31.2 Å². The van der Waals surface area contributed by atoms with E-state index >= 15 is 0 Å². The molecule has 0 bridgehead atoms. The molecule has 1 saturated heterocycles. The summed E-state index contributed by atoms with van der Waals surface area (Å²) in [5.74, 6) is 1.55. The fraction of sp³-hybridized carbons (Fsp3) is 0.333. The van der Waals surface area contributed by atoms with Crippen molar-refractivity contribution in [3.63, 3.8) is 0 Å². The second-order valence-electron chi connectivity index (χ2n) is 7.17. The van der Waals surface area contributed by atoms with Gasteiger partial charge in [-0.1, -0.05) is 18.2 Å². The van der Waals surface area contributed by atoms with Gasteiger partial charge in [-0.15, -0.1) is 0 Å². The van der Waals surface area contributed by atoms with Gasteiger partial charge in [-0.2, -0.15) is 0 Å². The van der Waals surface area contributed by atoms with E-state index in [2.05, 4.69) is 33.1 Å². The van der Waals surface area contributed by atoms with Crippen LogP contribution in [0.4, 0.5) is 5.95 Å². The molecule has 8 heteroatoms. The molecule has 0 N–H and O–H groups in total. The van der Waals surface area contributed by atoms with E-state index in [1.807, 2.05) is 0 Å². The zero-order valence-electron chi connectivity index (χ0n) is 16.1. The zero-order valence-corrected chi connectivity index (χ0v) is 16.1. The minimum Gasteiger partial charge on any atom is -0.493 e. The summed E-state index contributed by atoms with van der Waals surface area (Å²) in [5, 5.41) is 0. The average Bonchev–Trinajstić information content (AvgIpc) is 3.25. The lowest BCUT2D eigenvalue weighted by atomic mass is 10.0. The fourth-order valence-corrected chi connectivity index (χ4v) is 3.90. The van der Waals surface area contributed by atoms with E-state index in [0.29, 0.717) is 43.6 Å². The molecule has 1 fully saturated rings. The summed E-state index contributed by atoms with van der Waals surface area (Å²) in [7, 11) is 1.74. The summed E-state index contributed by atoms with van der Waals surface area (Å²) in [6, 6.07) is 9.46. The molecule has 2 aliphatic heterocycles. The van der Waals surface area contributed by atoms with Gasteiger partial charge in [0.05, 0.1) is 31.1 Å². The summed E-state index contributed by atoms with van der Waals surface area (Å²) in [6.07, 6.45) is 3.88. The van der Waals surface area contributed by atoms with E-state index in [9.17, 15) is 4.79 Å². The lowest BCUT2D eigenvalue weighted by Crippen LogP contribution is -2.41. The Morgan fingerprint density at radius 3 is 2.97 bits per heavy atom. The molecule has 0 spiro atoms. The molecule has 0 aliphatic carbocycles.